The molecule has 2 aliphatic heterocycles. The molecule has 0 bridgehead atoms. The van der Waals surface area contributed by atoms with E-state index in [1.807, 2.05) is 41.3 Å². The second kappa shape index (κ2) is 10.2. The number of aryl methyl sites for hydroxylation is 2. The van der Waals surface area contributed by atoms with Gasteiger partial charge < -0.3 is 19.3 Å². The zero-order valence-electron chi connectivity index (χ0n) is 21.7. The maximum Gasteiger partial charge on any atom is 0.254 e. The Morgan fingerprint density at radius 3 is 2.42 bits per heavy atom. The van der Waals surface area contributed by atoms with Crippen LogP contribution in [0.1, 0.15) is 32.7 Å². The lowest BCUT2D eigenvalue weighted by Gasteiger charge is -2.36. The summed E-state index contributed by atoms with van der Waals surface area (Å²) < 4.78 is 10.9. The Morgan fingerprint density at radius 1 is 0.842 bits per heavy atom. The normalized spacial score (nSPS) is 14.6. The number of aromatic nitrogens is 2. The van der Waals surface area contributed by atoms with Gasteiger partial charge in [-0.2, -0.15) is 0 Å². The number of hydrogen-bond acceptors (Lipinski definition) is 6. The molecule has 7 nitrogen and oxygen atoms in total. The van der Waals surface area contributed by atoms with E-state index in [9.17, 15) is 4.79 Å². The van der Waals surface area contributed by atoms with Crippen LogP contribution in [-0.2, 0) is 6.42 Å². The minimum absolute atomic E-state index is 0.00627. The predicted octanol–water partition coefficient (Wildman–Crippen LogP) is 5.04. The summed E-state index contributed by atoms with van der Waals surface area (Å²) in [6.07, 6.45) is 0.758. The van der Waals surface area contributed by atoms with E-state index < -0.39 is 0 Å². The van der Waals surface area contributed by atoms with Gasteiger partial charge in [-0.3, -0.25) is 4.79 Å². The number of anilines is 1. The molecule has 2 aliphatic rings. The Balaban J connectivity index is 1.27. The molecule has 0 radical (unpaired) electrons. The molecule has 1 saturated heterocycles. The molecular weight excluding hydrogens is 476 g/mol. The third kappa shape index (κ3) is 4.79. The van der Waals surface area contributed by atoms with Gasteiger partial charge in [0.2, 0.25) is 6.79 Å². The van der Waals surface area contributed by atoms with Gasteiger partial charge in [0.15, 0.2) is 17.3 Å². The fourth-order valence-corrected chi connectivity index (χ4v) is 5.13. The molecule has 3 heterocycles. The zero-order chi connectivity index (χ0) is 26.1. The lowest BCUT2D eigenvalue weighted by atomic mass is 10.0. The van der Waals surface area contributed by atoms with E-state index in [1.54, 1.807) is 12.1 Å². The van der Waals surface area contributed by atoms with Gasteiger partial charge in [-0.25, -0.2) is 9.97 Å². The standard InChI is InChI=1S/C31H30N4O3/c1-21-7-6-8-23(17-21)18-26-22(2)32-29(24-9-4-3-5-10-24)33-30(26)34-13-15-35(16-14-34)31(36)25-11-12-27-28(19-25)38-20-37-27/h3-12,17,19H,13-16,18,20H2,1-2H3. The Hall–Kier alpha value is -4.39. The van der Waals surface area contributed by atoms with Gasteiger partial charge in [0.25, 0.3) is 5.91 Å². The van der Waals surface area contributed by atoms with Crippen LogP contribution >= 0.6 is 0 Å². The van der Waals surface area contributed by atoms with E-state index in [-0.39, 0.29) is 12.7 Å². The van der Waals surface area contributed by atoms with Crippen LogP contribution in [-0.4, -0.2) is 53.7 Å². The molecule has 7 heteroatoms. The first-order valence-electron chi connectivity index (χ1n) is 13.0. The fourth-order valence-electron chi connectivity index (χ4n) is 5.13. The highest BCUT2D eigenvalue weighted by Gasteiger charge is 2.27. The summed E-state index contributed by atoms with van der Waals surface area (Å²) in [7, 11) is 0. The average Bonchev–Trinajstić information content (AvgIpc) is 3.42. The van der Waals surface area contributed by atoms with Crippen molar-refractivity contribution < 1.29 is 14.3 Å². The quantitative estimate of drug-likeness (QED) is 0.378. The van der Waals surface area contributed by atoms with Crippen LogP contribution in [0.25, 0.3) is 11.4 Å². The van der Waals surface area contributed by atoms with Crippen molar-refractivity contribution in [3.8, 4) is 22.9 Å². The molecule has 4 aromatic rings. The van der Waals surface area contributed by atoms with E-state index in [1.165, 1.54) is 11.1 Å². The van der Waals surface area contributed by atoms with E-state index >= 15 is 0 Å². The number of rotatable bonds is 5. The largest absolute Gasteiger partial charge is 0.454 e. The van der Waals surface area contributed by atoms with Crippen LogP contribution < -0.4 is 14.4 Å². The Labute approximate surface area is 222 Å². The Morgan fingerprint density at radius 2 is 1.63 bits per heavy atom. The molecule has 1 amide bonds. The molecule has 0 spiro atoms. The van der Waals surface area contributed by atoms with Crippen molar-refractivity contribution in [2.45, 2.75) is 20.3 Å². The van der Waals surface area contributed by atoms with Crippen LogP contribution in [0.15, 0.2) is 72.8 Å². The summed E-state index contributed by atoms with van der Waals surface area (Å²) in [4.78, 5) is 27.5. The number of amides is 1. The van der Waals surface area contributed by atoms with Gasteiger partial charge in [-0.1, -0.05) is 60.2 Å². The van der Waals surface area contributed by atoms with Crippen molar-refractivity contribution in [1.29, 1.82) is 0 Å². The van der Waals surface area contributed by atoms with Crippen molar-refractivity contribution in [3.05, 3.63) is 101 Å². The molecule has 6 rings (SSSR count). The minimum Gasteiger partial charge on any atom is -0.454 e. The number of carbonyl (C=O) groups excluding carboxylic acids is 1. The zero-order valence-corrected chi connectivity index (χ0v) is 21.7. The van der Waals surface area contributed by atoms with E-state index in [4.69, 9.17) is 19.4 Å². The van der Waals surface area contributed by atoms with Gasteiger partial charge in [0, 0.05) is 55.0 Å². The van der Waals surface area contributed by atoms with Crippen LogP contribution in [0.4, 0.5) is 5.82 Å². The highest BCUT2D eigenvalue weighted by molar-refractivity contribution is 5.95. The van der Waals surface area contributed by atoms with Crippen LogP contribution in [0.2, 0.25) is 0 Å². The first-order valence-corrected chi connectivity index (χ1v) is 13.0. The summed E-state index contributed by atoms with van der Waals surface area (Å²) in [6, 6.07) is 24.1. The number of ether oxygens (including phenoxy) is 2. The number of benzene rings is 3. The summed E-state index contributed by atoms with van der Waals surface area (Å²) in [5.41, 5.74) is 6.20. The second-order valence-electron chi connectivity index (χ2n) is 9.81. The lowest BCUT2D eigenvalue weighted by molar-refractivity contribution is 0.0746. The third-order valence-electron chi connectivity index (χ3n) is 7.17. The minimum atomic E-state index is 0.00627. The molecule has 192 valence electrons. The lowest BCUT2D eigenvalue weighted by Crippen LogP contribution is -2.49. The number of carbonyl (C=O) groups is 1. The maximum absolute atomic E-state index is 13.3. The molecule has 38 heavy (non-hydrogen) atoms. The number of fused-ring (bicyclic) bond motifs is 1. The molecule has 1 aromatic heterocycles. The monoisotopic (exact) mass is 506 g/mol. The van der Waals surface area contributed by atoms with Crippen LogP contribution in [0, 0.1) is 13.8 Å². The highest BCUT2D eigenvalue weighted by atomic mass is 16.7. The van der Waals surface area contributed by atoms with Gasteiger partial charge in [-0.15, -0.1) is 0 Å². The number of hydrogen-bond donors (Lipinski definition) is 0. The fraction of sp³-hybridized carbons (Fsp3) is 0.258. The molecule has 1 fully saturated rings. The molecular formula is C31H30N4O3. The summed E-state index contributed by atoms with van der Waals surface area (Å²) in [5, 5.41) is 0. The predicted molar refractivity (Wildman–Crippen MR) is 147 cm³/mol. The van der Waals surface area contributed by atoms with Gasteiger partial charge in [-0.05, 0) is 37.6 Å². The van der Waals surface area contributed by atoms with Crippen molar-refractivity contribution in [1.82, 2.24) is 14.9 Å². The van der Waals surface area contributed by atoms with Gasteiger partial charge in [0.1, 0.15) is 5.82 Å². The van der Waals surface area contributed by atoms with Crippen molar-refractivity contribution in [2.24, 2.45) is 0 Å². The van der Waals surface area contributed by atoms with Crippen LogP contribution in [0.3, 0.4) is 0 Å². The van der Waals surface area contributed by atoms with E-state index in [0.717, 1.165) is 34.9 Å². The van der Waals surface area contributed by atoms with Crippen molar-refractivity contribution in [3.63, 3.8) is 0 Å². The summed E-state index contributed by atoms with van der Waals surface area (Å²) in [6.45, 7) is 7.00. The van der Waals surface area contributed by atoms with E-state index in [0.29, 0.717) is 43.2 Å². The topological polar surface area (TPSA) is 67.8 Å². The van der Waals surface area contributed by atoms with Gasteiger partial charge in [0.05, 0.1) is 0 Å². The van der Waals surface area contributed by atoms with Gasteiger partial charge >= 0.3 is 0 Å². The Bertz CT molecular complexity index is 1480. The highest BCUT2D eigenvalue weighted by Crippen LogP contribution is 2.33. The summed E-state index contributed by atoms with van der Waals surface area (Å²) >= 11 is 0. The Kier molecular flexibility index (Phi) is 6.42. The number of nitrogens with zero attached hydrogens (tertiary/aromatic N) is 4. The molecule has 0 saturated carbocycles. The summed E-state index contributed by atoms with van der Waals surface area (Å²) in [5.74, 6) is 2.99. The third-order valence-corrected chi connectivity index (χ3v) is 7.17. The first-order chi connectivity index (χ1) is 18.5. The first kappa shape index (κ1) is 24.0. The van der Waals surface area contributed by atoms with E-state index in [2.05, 4.69) is 43.0 Å². The molecule has 0 aliphatic carbocycles. The average molecular weight is 507 g/mol. The van der Waals surface area contributed by atoms with Crippen LogP contribution in [0.5, 0.6) is 11.5 Å². The number of piperazine rings is 1. The molecule has 0 N–H and O–H groups in total. The SMILES string of the molecule is Cc1cccc(Cc2c(C)nc(-c3ccccc3)nc2N2CCN(C(=O)c3ccc4c(c3)OCO4)CC2)c1. The molecule has 0 unspecified atom stereocenters. The second-order valence-corrected chi connectivity index (χ2v) is 9.81. The van der Waals surface area contributed by atoms with Crippen molar-refractivity contribution >= 4 is 11.7 Å². The molecule has 3 aromatic carbocycles. The smallest absolute Gasteiger partial charge is 0.254 e. The molecule has 0 atom stereocenters. The van der Waals surface area contributed by atoms with Crippen molar-refractivity contribution in [2.75, 3.05) is 37.9 Å². The maximum atomic E-state index is 13.3.